The molecule has 130 valence electrons. The fourth-order valence-electron chi connectivity index (χ4n) is 3.04. The van der Waals surface area contributed by atoms with Gasteiger partial charge in [0.1, 0.15) is 0 Å². The fraction of sp³-hybridized carbons (Fsp3) is 0.150. The Morgan fingerprint density at radius 2 is 2.00 bits per heavy atom. The van der Waals surface area contributed by atoms with Crippen molar-refractivity contribution in [2.24, 2.45) is 0 Å². The third-order valence-corrected chi connectivity index (χ3v) is 4.25. The molecule has 0 atom stereocenters. The van der Waals surface area contributed by atoms with Gasteiger partial charge in [-0.1, -0.05) is 6.07 Å². The maximum absolute atomic E-state index is 4.55. The van der Waals surface area contributed by atoms with Gasteiger partial charge in [0.15, 0.2) is 0 Å². The summed E-state index contributed by atoms with van der Waals surface area (Å²) in [6.45, 7) is 4.73. The molecular weight excluding hydrogens is 324 g/mol. The van der Waals surface area contributed by atoms with Crippen LogP contribution in [0.1, 0.15) is 17.0 Å². The Morgan fingerprint density at radius 1 is 1.08 bits per heavy atom. The zero-order chi connectivity index (χ0) is 17.9. The third-order valence-electron chi connectivity index (χ3n) is 4.25. The largest absolute Gasteiger partial charge is 0.381 e. The number of aryl methyl sites for hydroxylation is 2. The monoisotopic (exact) mass is 344 g/mol. The molecule has 0 aliphatic carbocycles. The van der Waals surface area contributed by atoms with Crippen molar-refractivity contribution >= 4 is 5.69 Å². The first kappa shape index (κ1) is 16.1. The van der Waals surface area contributed by atoms with Gasteiger partial charge in [0.25, 0.3) is 0 Å². The van der Waals surface area contributed by atoms with Gasteiger partial charge in [-0.15, -0.1) is 0 Å². The molecule has 0 saturated carbocycles. The number of rotatable bonds is 5. The van der Waals surface area contributed by atoms with Crippen LogP contribution in [0.3, 0.4) is 0 Å². The van der Waals surface area contributed by atoms with Crippen LogP contribution in [0, 0.1) is 13.8 Å². The lowest BCUT2D eigenvalue weighted by Crippen LogP contribution is -2.03. The Morgan fingerprint density at radius 3 is 2.77 bits per heavy atom. The number of nitrogens with zero attached hydrogens (tertiary/aromatic N) is 4. The second-order valence-corrected chi connectivity index (χ2v) is 6.25. The first-order valence-electron chi connectivity index (χ1n) is 8.51. The number of anilines is 1. The van der Waals surface area contributed by atoms with Crippen molar-refractivity contribution in [3.63, 3.8) is 0 Å². The molecule has 2 N–H and O–H groups in total. The molecule has 0 unspecified atom stereocenters. The minimum atomic E-state index is 0.668. The minimum absolute atomic E-state index is 0.668. The standard InChI is InChI=1S/C20H20N6/c1-14-9-15(2)26(25-14)19-7-3-6-18(10-19)22-12-17-13-23-24-20(17)16-5-4-8-21-11-16/h3-11,13,22H,12H2,1-2H3,(H,23,24). The average Bonchev–Trinajstić information content (AvgIpc) is 3.27. The van der Waals surface area contributed by atoms with Gasteiger partial charge in [-0.05, 0) is 50.2 Å². The molecule has 0 bridgehead atoms. The number of hydrogen-bond acceptors (Lipinski definition) is 4. The number of aromatic nitrogens is 5. The van der Waals surface area contributed by atoms with Gasteiger partial charge >= 0.3 is 0 Å². The van der Waals surface area contributed by atoms with Crippen LogP contribution in [0.15, 0.2) is 61.1 Å². The van der Waals surface area contributed by atoms with Crippen LogP contribution >= 0.6 is 0 Å². The van der Waals surface area contributed by atoms with Gasteiger partial charge in [0.2, 0.25) is 0 Å². The number of benzene rings is 1. The van der Waals surface area contributed by atoms with E-state index >= 15 is 0 Å². The van der Waals surface area contributed by atoms with Gasteiger partial charge in [-0.2, -0.15) is 10.2 Å². The van der Waals surface area contributed by atoms with Crippen molar-refractivity contribution in [3.05, 3.63) is 78.0 Å². The summed E-state index contributed by atoms with van der Waals surface area (Å²) >= 11 is 0. The van der Waals surface area contributed by atoms with E-state index in [4.69, 9.17) is 0 Å². The third kappa shape index (κ3) is 3.21. The van der Waals surface area contributed by atoms with Crippen molar-refractivity contribution in [2.75, 3.05) is 5.32 Å². The summed E-state index contributed by atoms with van der Waals surface area (Å²) < 4.78 is 1.96. The van der Waals surface area contributed by atoms with E-state index in [0.29, 0.717) is 6.54 Å². The predicted octanol–water partition coefficient (Wildman–Crippen LogP) is 3.89. The highest BCUT2D eigenvalue weighted by molar-refractivity contribution is 5.62. The number of nitrogens with one attached hydrogen (secondary N) is 2. The molecule has 4 rings (SSSR count). The summed E-state index contributed by atoms with van der Waals surface area (Å²) in [5.41, 5.74) is 7.32. The normalized spacial score (nSPS) is 10.8. The molecule has 1 aromatic carbocycles. The van der Waals surface area contributed by atoms with Crippen LogP contribution < -0.4 is 5.32 Å². The van der Waals surface area contributed by atoms with Crippen LogP contribution in [-0.4, -0.2) is 25.0 Å². The molecule has 0 radical (unpaired) electrons. The second kappa shape index (κ2) is 6.84. The van der Waals surface area contributed by atoms with Crippen molar-refractivity contribution in [2.45, 2.75) is 20.4 Å². The maximum atomic E-state index is 4.55. The van der Waals surface area contributed by atoms with Crippen LogP contribution in [0.25, 0.3) is 16.9 Å². The molecule has 0 spiro atoms. The molecule has 26 heavy (non-hydrogen) atoms. The van der Waals surface area contributed by atoms with Crippen molar-refractivity contribution < 1.29 is 0 Å². The smallest absolute Gasteiger partial charge is 0.0715 e. The molecule has 3 aromatic heterocycles. The maximum Gasteiger partial charge on any atom is 0.0715 e. The van der Waals surface area contributed by atoms with E-state index in [2.05, 4.69) is 56.8 Å². The Hall–Kier alpha value is -3.41. The zero-order valence-electron chi connectivity index (χ0n) is 14.8. The summed E-state index contributed by atoms with van der Waals surface area (Å²) in [6, 6.07) is 14.3. The van der Waals surface area contributed by atoms with Gasteiger partial charge in [0, 0.05) is 41.4 Å². The van der Waals surface area contributed by atoms with E-state index in [1.165, 1.54) is 0 Å². The van der Waals surface area contributed by atoms with Crippen molar-refractivity contribution in [1.29, 1.82) is 0 Å². The molecule has 0 amide bonds. The van der Waals surface area contributed by atoms with Gasteiger partial charge in [-0.25, -0.2) is 4.68 Å². The second-order valence-electron chi connectivity index (χ2n) is 6.25. The van der Waals surface area contributed by atoms with E-state index in [1.807, 2.05) is 42.2 Å². The lowest BCUT2D eigenvalue weighted by atomic mass is 10.1. The highest BCUT2D eigenvalue weighted by Crippen LogP contribution is 2.22. The number of H-pyrrole nitrogens is 1. The number of aromatic amines is 1. The van der Waals surface area contributed by atoms with Crippen molar-refractivity contribution in [1.82, 2.24) is 25.0 Å². The highest BCUT2D eigenvalue weighted by atomic mass is 15.3. The topological polar surface area (TPSA) is 71.4 Å². The van der Waals surface area contributed by atoms with E-state index in [1.54, 1.807) is 6.20 Å². The minimum Gasteiger partial charge on any atom is -0.381 e. The number of hydrogen-bond donors (Lipinski definition) is 2. The van der Waals surface area contributed by atoms with Crippen LogP contribution in [0.5, 0.6) is 0 Å². The van der Waals surface area contributed by atoms with Crippen LogP contribution in [0.2, 0.25) is 0 Å². The molecule has 0 aliphatic heterocycles. The number of pyridine rings is 1. The molecule has 6 heteroatoms. The van der Waals surface area contributed by atoms with Gasteiger partial charge in [-0.3, -0.25) is 10.1 Å². The van der Waals surface area contributed by atoms with Crippen LogP contribution in [0.4, 0.5) is 5.69 Å². The quantitative estimate of drug-likeness (QED) is 0.576. The Balaban J connectivity index is 1.54. The zero-order valence-corrected chi connectivity index (χ0v) is 14.8. The average molecular weight is 344 g/mol. The van der Waals surface area contributed by atoms with E-state index < -0.39 is 0 Å². The van der Waals surface area contributed by atoms with E-state index in [9.17, 15) is 0 Å². The molecular formula is C20H20N6. The Kier molecular flexibility index (Phi) is 4.23. The lowest BCUT2D eigenvalue weighted by Gasteiger charge is -2.10. The summed E-state index contributed by atoms with van der Waals surface area (Å²) in [6.07, 6.45) is 5.45. The Bertz CT molecular complexity index is 1020. The summed E-state index contributed by atoms with van der Waals surface area (Å²) in [4.78, 5) is 4.18. The molecule has 0 aliphatic rings. The Labute approximate surface area is 151 Å². The molecule has 4 aromatic rings. The molecule has 3 heterocycles. The highest BCUT2D eigenvalue weighted by Gasteiger charge is 2.08. The SMILES string of the molecule is Cc1cc(C)n(-c2cccc(NCc3cn[nH]c3-c3cccnc3)c2)n1. The first-order valence-corrected chi connectivity index (χ1v) is 8.51. The molecule has 0 saturated heterocycles. The fourth-order valence-corrected chi connectivity index (χ4v) is 3.04. The summed E-state index contributed by atoms with van der Waals surface area (Å²) in [5, 5.41) is 15.3. The van der Waals surface area contributed by atoms with E-state index in [-0.39, 0.29) is 0 Å². The van der Waals surface area contributed by atoms with E-state index in [0.717, 1.165) is 39.6 Å². The van der Waals surface area contributed by atoms with Crippen molar-refractivity contribution in [3.8, 4) is 16.9 Å². The molecule has 0 fully saturated rings. The van der Waals surface area contributed by atoms with Gasteiger partial charge < -0.3 is 5.32 Å². The van der Waals surface area contributed by atoms with Crippen LogP contribution in [-0.2, 0) is 6.54 Å². The molecule has 6 nitrogen and oxygen atoms in total. The predicted molar refractivity (Wildman–Crippen MR) is 102 cm³/mol. The first-order chi connectivity index (χ1) is 12.7. The summed E-state index contributed by atoms with van der Waals surface area (Å²) in [5.74, 6) is 0. The van der Waals surface area contributed by atoms with Gasteiger partial charge in [0.05, 0.1) is 23.3 Å². The summed E-state index contributed by atoms with van der Waals surface area (Å²) in [7, 11) is 0. The lowest BCUT2D eigenvalue weighted by molar-refractivity contribution is 0.833.